The van der Waals surface area contributed by atoms with Crippen molar-refractivity contribution in [1.82, 2.24) is 14.0 Å². The maximum absolute atomic E-state index is 5.61. The van der Waals surface area contributed by atoms with Gasteiger partial charge in [0.25, 0.3) is 0 Å². The van der Waals surface area contributed by atoms with E-state index in [1.165, 1.54) is 21.7 Å². The molecule has 0 bridgehead atoms. The van der Waals surface area contributed by atoms with E-state index in [1.54, 1.807) is 11.9 Å². The molecule has 0 spiro atoms. The lowest BCUT2D eigenvalue weighted by Gasteiger charge is -2.32. The Balaban J connectivity index is 0.00000133. The highest BCUT2D eigenvalue weighted by Gasteiger charge is 2.26. The van der Waals surface area contributed by atoms with Gasteiger partial charge in [0.05, 0.1) is 29.5 Å². The Morgan fingerprint density at radius 3 is 3.11 bits per heavy atom. The highest BCUT2D eigenvalue weighted by atomic mass is 127. The summed E-state index contributed by atoms with van der Waals surface area (Å²) in [5, 5.41) is 3.46. The van der Waals surface area contributed by atoms with Gasteiger partial charge in [-0.15, -0.1) is 0 Å². The third-order valence-corrected chi connectivity index (χ3v) is 5.27. The second-order valence-electron chi connectivity index (χ2n) is 4.28. The fraction of sp³-hybridized carbons (Fsp3) is 0.385. The summed E-state index contributed by atoms with van der Waals surface area (Å²) in [6.07, 6.45) is 1.10. The number of hydrogen-bond donors (Lipinski definition) is 2. The van der Waals surface area contributed by atoms with E-state index in [0.717, 1.165) is 25.3 Å². The first-order chi connectivity index (χ1) is 8.79. The zero-order chi connectivity index (χ0) is 12.5. The van der Waals surface area contributed by atoms with Gasteiger partial charge in [0.1, 0.15) is 5.75 Å². The Bertz CT molecular complexity index is 507. The Kier molecular flexibility index (Phi) is 4.99. The molecule has 0 aliphatic carbocycles. The highest BCUT2D eigenvalue weighted by Crippen LogP contribution is 2.45. The van der Waals surface area contributed by atoms with Gasteiger partial charge in [0.2, 0.25) is 0 Å². The van der Waals surface area contributed by atoms with Gasteiger partial charge in [-0.1, -0.05) is 0 Å². The molecule has 2 heterocycles. The fourth-order valence-corrected chi connectivity index (χ4v) is 4.40. The molecule has 19 heavy (non-hydrogen) atoms. The predicted molar refractivity (Wildman–Crippen MR) is 88.8 cm³/mol. The van der Waals surface area contributed by atoms with Crippen molar-refractivity contribution >= 4 is 40.4 Å². The van der Waals surface area contributed by atoms with Gasteiger partial charge in [-0.2, -0.15) is 0 Å². The van der Waals surface area contributed by atoms with Crippen LogP contribution in [0.4, 0.5) is 0 Å². The summed E-state index contributed by atoms with van der Waals surface area (Å²) >= 11 is 4.20. The summed E-state index contributed by atoms with van der Waals surface area (Å²) in [7, 11) is 0. The zero-order valence-electron chi connectivity index (χ0n) is 10.9. The molecule has 0 aromatic heterocycles. The van der Waals surface area contributed by atoms with E-state index in [4.69, 9.17) is 4.74 Å². The van der Waals surface area contributed by atoms with Crippen LogP contribution in [0.15, 0.2) is 28.8 Å². The SMILES string of the molecule is CCOc1ccc2c(c1)C1=C(CCNC1)N(I)S2.N. The van der Waals surface area contributed by atoms with Crippen LogP contribution in [0.2, 0.25) is 0 Å². The van der Waals surface area contributed by atoms with Crippen molar-refractivity contribution in [2.75, 3.05) is 19.7 Å². The lowest BCUT2D eigenvalue weighted by molar-refractivity contribution is 0.340. The molecule has 4 N–H and O–H groups in total. The Morgan fingerprint density at radius 2 is 2.32 bits per heavy atom. The normalized spacial score (nSPS) is 17.5. The Morgan fingerprint density at radius 1 is 1.47 bits per heavy atom. The minimum Gasteiger partial charge on any atom is -0.494 e. The second kappa shape index (κ2) is 6.34. The van der Waals surface area contributed by atoms with Crippen LogP contribution in [0.5, 0.6) is 5.75 Å². The molecule has 1 aromatic carbocycles. The van der Waals surface area contributed by atoms with Crippen LogP contribution in [0.3, 0.4) is 0 Å². The molecule has 104 valence electrons. The van der Waals surface area contributed by atoms with Crippen molar-refractivity contribution in [3.63, 3.8) is 0 Å². The van der Waals surface area contributed by atoms with Crippen LogP contribution in [0, 0.1) is 0 Å². The van der Waals surface area contributed by atoms with Gasteiger partial charge in [-0.05, 0) is 48.2 Å². The monoisotopic (exact) mass is 391 g/mol. The number of halogens is 1. The molecular formula is C13H18IN3OS. The van der Waals surface area contributed by atoms with Crippen molar-refractivity contribution in [2.24, 2.45) is 0 Å². The molecule has 0 atom stereocenters. The number of hydrogen-bond acceptors (Lipinski definition) is 5. The number of ether oxygens (including phenoxy) is 1. The Labute approximate surface area is 132 Å². The minimum atomic E-state index is 0. The molecule has 2 aliphatic rings. The molecule has 0 saturated heterocycles. The third kappa shape index (κ3) is 2.86. The van der Waals surface area contributed by atoms with E-state index >= 15 is 0 Å². The van der Waals surface area contributed by atoms with E-state index in [2.05, 4.69) is 48.9 Å². The van der Waals surface area contributed by atoms with Gasteiger partial charge in [0.15, 0.2) is 0 Å². The molecular weight excluding hydrogens is 373 g/mol. The topological polar surface area (TPSA) is 59.5 Å². The molecule has 1 aromatic rings. The number of rotatable bonds is 2. The van der Waals surface area contributed by atoms with E-state index in [9.17, 15) is 0 Å². The molecule has 0 fully saturated rings. The van der Waals surface area contributed by atoms with Crippen molar-refractivity contribution in [1.29, 1.82) is 0 Å². The summed E-state index contributed by atoms with van der Waals surface area (Å²) in [5.74, 6) is 0.969. The molecule has 4 nitrogen and oxygen atoms in total. The minimum absolute atomic E-state index is 0. The summed E-state index contributed by atoms with van der Waals surface area (Å²) in [6, 6.07) is 6.40. The molecule has 0 unspecified atom stereocenters. The van der Waals surface area contributed by atoms with Crippen LogP contribution in [-0.4, -0.2) is 22.2 Å². The van der Waals surface area contributed by atoms with Crippen molar-refractivity contribution in [3.05, 3.63) is 29.5 Å². The Hall–Kier alpha value is -0.440. The highest BCUT2D eigenvalue weighted by molar-refractivity contribution is 14.1. The van der Waals surface area contributed by atoms with Gasteiger partial charge in [-0.3, -0.25) is 2.52 Å². The average molecular weight is 391 g/mol. The van der Waals surface area contributed by atoms with Crippen LogP contribution in [-0.2, 0) is 0 Å². The zero-order valence-corrected chi connectivity index (χ0v) is 13.9. The average Bonchev–Trinajstić information content (AvgIpc) is 2.40. The summed E-state index contributed by atoms with van der Waals surface area (Å²) in [4.78, 5) is 1.32. The maximum atomic E-state index is 5.61. The molecule has 0 saturated carbocycles. The first-order valence-corrected chi connectivity index (χ1v) is 7.87. The van der Waals surface area contributed by atoms with Crippen LogP contribution >= 0.6 is 34.8 Å². The molecule has 6 heteroatoms. The molecule has 0 radical (unpaired) electrons. The standard InChI is InChI=1S/C13H15IN2OS.H3N/c1-2-17-9-3-4-13-10(7-9)11-8-15-6-5-12(11)16(14)18-13;/h3-4,7,15H,2,5-6,8H2,1H3;1H3. The predicted octanol–water partition coefficient (Wildman–Crippen LogP) is 3.62. The van der Waals surface area contributed by atoms with E-state index < -0.39 is 0 Å². The van der Waals surface area contributed by atoms with Crippen LogP contribution < -0.4 is 16.2 Å². The van der Waals surface area contributed by atoms with Crippen molar-refractivity contribution in [3.8, 4) is 5.75 Å². The largest absolute Gasteiger partial charge is 0.494 e. The van der Waals surface area contributed by atoms with E-state index in [-0.39, 0.29) is 6.15 Å². The van der Waals surface area contributed by atoms with E-state index in [1.807, 2.05) is 6.92 Å². The number of fused-ring (bicyclic) bond motifs is 2. The molecule has 2 aliphatic heterocycles. The lowest BCUT2D eigenvalue weighted by Crippen LogP contribution is -2.29. The number of nitrogens with zero attached hydrogens (tertiary/aromatic N) is 1. The quantitative estimate of drug-likeness (QED) is 0.458. The lowest BCUT2D eigenvalue weighted by atomic mass is 9.99. The maximum Gasteiger partial charge on any atom is 0.119 e. The smallest absolute Gasteiger partial charge is 0.119 e. The summed E-state index contributed by atoms with van der Waals surface area (Å²) in [6.45, 7) is 4.76. The number of nitrogens with one attached hydrogen (secondary N) is 1. The molecule has 0 amide bonds. The first kappa shape index (κ1) is 15.0. The third-order valence-electron chi connectivity index (χ3n) is 3.17. The number of benzene rings is 1. The van der Waals surface area contributed by atoms with Crippen LogP contribution in [0.1, 0.15) is 18.9 Å². The van der Waals surface area contributed by atoms with E-state index in [0.29, 0.717) is 6.61 Å². The van der Waals surface area contributed by atoms with Crippen molar-refractivity contribution in [2.45, 2.75) is 18.2 Å². The van der Waals surface area contributed by atoms with Gasteiger partial charge < -0.3 is 16.2 Å². The first-order valence-electron chi connectivity index (χ1n) is 6.13. The van der Waals surface area contributed by atoms with Gasteiger partial charge >= 0.3 is 0 Å². The van der Waals surface area contributed by atoms with Crippen LogP contribution in [0.25, 0.3) is 5.57 Å². The van der Waals surface area contributed by atoms with Gasteiger partial charge in [0, 0.05) is 30.1 Å². The molecule has 3 rings (SSSR count). The van der Waals surface area contributed by atoms with Gasteiger partial charge in [-0.25, -0.2) is 0 Å². The fourth-order valence-electron chi connectivity index (χ4n) is 2.34. The summed E-state index contributed by atoms with van der Waals surface area (Å²) in [5.41, 5.74) is 4.20. The second-order valence-corrected chi connectivity index (χ2v) is 6.89. The summed E-state index contributed by atoms with van der Waals surface area (Å²) < 4.78 is 7.89. The van der Waals surface area contributed by atoms with Crippen molar-refractivity contribution < 1.29 is 4.74 Å².